The SMILES string of the molecule is Cc1ccc(NC(=O)[C@H](C)[NH2+]C2CCCCCCC2)cc1F. The lowest BCUT2D eigenvalue weighted by molar-refractivity contribution is -0.707. The van der Waals surface area contributed by atoms with Gasteiger partial charge in [0.15, 0.2) is 6.04 Å². The number of nitrogens with two attached hydrogens (primary N) is 1. The van der Waals surface area contributed by atoms with E-state index < -0.39 is 0 Å². The van der Waals surface area contributed by atoms with Gasteiger partial charge in [0.2, 0.25) is 0 Å². The first kappa shape index (κ1) is 16.9. The van der Waals surface area contributed by atoms with Crippen LogP contribution in [-0.4, -0.2) is 18.0 Å². The minimum Gasteiger partial charge on any atom is -0.334 e. The number of anilines is 1. The van der Waals surface area contributed by atoms with Crippen LogP contribution in [0, 0.1) is 12.7 Å². The van der Waals surface area contributed by atoms with E-state index in [2.05, 4.69) is 10.6 Å². The number of hydrogen-bond donors (Lipinski definition) is 2. The van der Waals surface area contributed by atoms with E-state index >= 15 is 0 Å². The van der Waals surface area contributed by atoms with Gasteiger partial charge in [-0.25, -0.2) is 4.39 Å². The molecule has 1 aromatic rings. The van der Waals surface area contributed by atoms with Gasteiger partial charge in [-0.3, -0.25) is 4.79 Å². The number of rotatable bonds is 4. The molecule has 0 spiro atoms. The second-order valence-corrected chi connectivity index (χ2v) is 6.54. The summed E-state index contributed by atoms with van der Waals surface area (Å²) in [6.07, 6.45) is 8.88. The molecule has 22 heavy (non-hydrogen) atoms. The first-order valence-corrected chi connectivity index (χ1v) is 8.48. The highest BCUT2D eigenvalue weighted by Crippen LogP contribution is 2.16. The minimum atomic E-state index is -0.283. The van der Waals surface area contributed by atoms with E-state index in [-0.39, 0.29) is 17.8 Å². The summed E-state index contributed by atoms with van der Waals surface area (Å²) in [5.41, 5.74) is 1.12. The van der Waals surface area contributed by atoms with Crippen LogP contribution in [-0.2, 0) is 4.79 Å². The highest BCUT2D eigenvalue weighted by Gasteiger charge is 2.22. The summed E-state index contributed by atoms with van der Waals surface area (Å²) >= 11 is 0. The number of aryl methyl sites for hydroxylation is 1. The second-order valence-electron chi connectivity index (χ2n) is 6.54. The summed E-state index contributed by atoms with van der Waals surface area (Å²) in [5, 5.41) is 5.00. The van der Waals surface area contributed by atoms with Gasteiger partial charge in [-0.2, -0.15) is 0 Å². The highest BCUT2D eigenvalue weighted by atomic mass is 19.1. The van der Waals surface area contributed by atoms with Crippen molar-refractivity contribution >= 4 is 11.6 Å². The van der Waals surface area contributed by atoms with Gasteiger partial charge in [-0.15, -0.1) is 0 Å². The van der Waals surface area contributed by atoms with E-state index in [0.717, 1.165) is 0 Å². The molecule has 1 saturated carbocycles. The van der Waals surface area contributed by atoms with Crippen LogP contribution >= 0.6 is 0 Å². The molecule has 0 radical (unpaired) electrons. The van der Waals surface area contributed by atoms with E-state index in [0.29, 0.717) is 17.3 Å². The maximum absolute atomic E-state index is 13.5. The van der Waals surface area contributed by atoms with Crippen molar-refractivity contribution in [1.29, 1.82) is 0 Å². The van der Waals surface area contributed by atoms with Crippen molar-refractivity contribution in [3.05, 3.63) is 29.6 Å². The van der Waals surface area contributed by atoms with Crippen molar-refractivity contribution < 1.29 is 14.5 Å². The summed E-state index contributed by atoms with van der Waals surface area (Å²) in [6, 6.07) is 5.22. The fraction of sp³-hybridized carbons (Fsp3) is 0.611. The highest BCUT2D eigenvalue weighted by molar-refractivity contribution is 5.93. The van der Waals surface area contributed by atoms with Crippen LogP contribution in [0.1, 0.15) is 57.4 Å². The van der Waals surface area contributed by atoms with Gasteiger partial charge < -0.3 is 10.6 Å². The number of carbonyl (C=O) groups is 1. The fourth-order valence-corrected chi connectivity index (χ4v) is 3.10. The largest absolute Gasteiger partial charge is 0.334 e. The number of hydrogen-bond acceptors (Lipinski definition) is 1. The average molecular weight is 307 g/mol. The minimum absolute atomic E-state index is 0.0506. The molecule has 1 atom stereocenters. The van der Waals surface area contributed by atoms with E-state index in [1.807, 2.05) is 6.92 Å². The molecule has 0 aliphatic heterocycles. The Balaban J connectivity index is 1.86. The average Bonchev–Trinajstić information content (AvgIpc) is 2.45. The molecule has 0 unspecified atom stereocenters. The number of amides is 1. The third-order valence-corrected chi connectivity index (χ3v) is 4.56. The van der Waals surface area contributed by atoms with Gasteiger partial charge in [-0.05, 0) is 57.2 Å². The Bertz CT molecular complexity index is 496. The normalized spacial score (nSPS) is 18.3. The van der Waals surface area contributed by atoms with Crippen molar-refractivity contribution in [2.24, 2.45) is 0 Å². The Labute approximate surface area is 132 Å². The third-order valence-electron chi connectivity index (χ3n) is 4.56. The van der Waals surface area contributed by atoms with Gasteiger partial charge >= 0.3 is 0 Å². The lowest BCUT2D eigenvalue weighted by Gasteiger charge is -2.21. The zero-order chi connectivity index (χ0) is 15.9. The lowest BCUT2D eigenvalue weighted by atomic mass is 9.96. The quantitative estimate of drug-likeness (QED) is 0.882. The summed E-state index contributed by atoms with van der Waals surface area (Å²) in [6.45, 7) is 3.64. The number of halogens is 1. The molecule has 0 heterocycles. The molecule has 0 saturated heterocycles. The molecule has 0 aromatic heterocycles. The molecule has 4 heteroatoms. The van der Waals surface area contributed by atoms with Gasteiger partial charge in [-0.1, -0.05) is 25.3 Å². The van der Waals surface area contributed by atoms with Crippen molar-refractivity contribution in [3.63, 3.8) is 0 Å². The molecule has 1 aromatic carbocycles. The number of benzene rings is 1. The zero-order valence-corrected chi connectivity index (χ0v) is 13.7. The third kappa shape index (κ3) is 5.09. The van der Waals surface area contributed by atoms with E-state index in [4.69, 9.17) is 0 Å². The molecule has 122 valence electrons. The van der Waals surface area contributed by atoms with E-state index in [1.54, 1.807) is 19.1 Å². The van der Waals surface area contributed by atoms with Crippen LogP contribution in [0.2, 0.25) is 0 Å². The predicted molar refractivity (Wildman–Crippen MR) is 87.3 cm³/mol. The lowest BCUT2D eigenvalue weighted by Crippen LogP contribution is -2.96. The smallest absolute Gasteiger partial charge is 0.282 e. The Morgan fingerprint density at radius 1 is 1.23 bits per heavy atom. The first-order valence-electron chi connectivity index (χ1n) is 8.48. The Hall–Kier alpha value is -1.42. The van der Waals surface area contributed by atoms with Gasteiger partial charge in [0.25, 0.3) is 5.91 Å². The maximum Gasteiger partial charge on any atom is 0.282 e. The molecule has 1 amide bonds. The van der Waals surface area contributed by atoms with Crippen LogP contribution in [0.15, 0.2) is 18.2 Å². The fourth-order valence-electron chi connectivity index (χ4n) is 3.10. The molecule has 2 rings (SSSR count). The topological polar surface area (TPSA) is 45.7 Å². The number of carbonyl (C=O) groups excluding carboxylic acids is 1. The molecule has 3 N–H and O–H groups in total. The van der Waals surface area contributed by atoms with Crippen molar-refractivity contribution in [2.45, 2.75) is 70.9 Å². The molecule has 0 bridgehead atoms. The van der Waals surface area contributed by atoms with E-state index in [9.17, 15) is 9.18 Å². The van der Waals surface area contributed by atoms with Crippen LogP contribution in [0.5, 0.6) is 0 Å². The Morgan fingerprint density at radius 3 is 2.50 bits per heavy atom. The van der Waals surface area contributed by atoms with Gasteiger partial charge in [0.05, 0.1) is 6.04 Å². The van der Waals surface area contributed by atoms with Crippen molar-refractivity contribution in [1.82, 2.24) is 0 Å². The number of quaternary nitrogens is 1. The Kier molecular flexibility index (Phi) is 6.37. The molecule has 1 aliphatic carbocycles. The summed E-state index contributed by atoms with van der Waals surface area (Å²) in [5.74, 6) is -0.334. The first-order chi connectivity index (χ1) is 10.6. The number of nitrogens with one attached hydrogen (secondary N) is 1. The standard InChI is InChI=1S/C18H27FN2O/c1-13-10-11-16(12-17(13)19)21-18(22)14(2)20-15-8-6-4-3-5-7-9-15/h10-12,14-15,20H,3-9H2,1-2H3,(H,21,22)/p+1/t14-/m0/s1. The molecular weight excluding hydrogens is 279 g/mol. The Morgan fingerprint density at radius 2 is 1.86 bits per heavy atom. The summed E-state index contributed by atoms with van der Waals surface area (Å²) < 4.78 is 13.5. The van der Waals surface area contributed by atoms with Crippen molar-refractivity contribution in [3.8, 4) is 0 Å². The van der Waals surface area contributed by atoms with Crippen LogP contribution in [0.4, 0.5) is 10.1 Å². The summed E-state index contributed by atoms with van der Waals surface area (Å²) in [7, 11) is 0. The monoisotopic (exact) mass is 307 g/mol. The van der Waals surface area contributed by atoms with Crippen molar-refractivity contribution in [2.75, 3.05) is 5.32 Å². The van der Waals surface area contributed by atoms with Crippen LogP contribution in [0.3, 0.4) is 0 Å². The maximum atomic E-state index is 13.5. The van der Waals surface area contributed by atoms with Crippen LogP contribution in [0.25, 0.3) is 0 Å². The zero-order valence-electron chi connectivity index (χ0n) is 13.7. The molecule has 1 fully saturated rings. The predicted octanol–water partition coefficient (Wildman–Crippen LogP) is 3.14. The summed E-state index contributed by atoms with van der Waals surface area (Å²) in [4.78, 5) is 12.3. The van der Waals surface area contributed by atoms with Gasteiger partial charge in [0, 0.05) is 5.69 Å². The molecular formula is C18H28FN2O+. The molecule has 3 nitrogen and oxygen atoms in total. The van der Waals surface area contributed by atoms with E-state index in [1.165, 1.54) is 51.0 Å². The van der Waals surface area contributed by atoms with Crippen LogP contribution < -0.4 is 10.6 Å². The van der Waals surface area contributed by atoms with Gasteiger partial charge in [0.1, 0.15) is 5.82 Å². The second kappa shape index (κ2) is 8.28. The molecule has 1 aliphatic rings.